The quantitative estimate of drug-likeness (QED) is 0.631. The standard InChI is InChI=1S/C19H28N4O/c1-5-20-18(22-14-17-11-13-24-23-17)21-12-10-15-6-8-16(9-7-15)19(2,3)4/h6-9,11,13H,5,10,12,14H2,1-4H3,(H2,20,21,22). The number of benzene rings is 1. The van der Waals surface area contributed by atoms with Crippen LogP contribution in [0.3, 0.4) is 0 Å². The summed E-state index contributed by atoms with van der Waals surface area (Å²) in [6.07, 6.45) is 2.52. The van der Waals surface area contributed by atoms with Crippen LogP contribution >= 0.6 is 0 Å². The molecule has 1 aromatic heterocycles. The summed E-state index contributed by atoms with van der Waals surface area (Å²) in [5, 5.41) is 10.5. The predicted molar refractivity (Wildman–Crippen MR) is 98.2 cm³/mol. The fraction of sp³-hybridized carbons (Fsp3) is 0.474. The van der Waals surface area contributed by atoms with Crippen LogP contribution in [0.1, 0.15) is 44.5 Å². The maximum atomic E-state index is 4.82. The Hall–Kier alpha value is -2.30. The number of hydrogen-bond acceptors (Lipinski definition) is 3. The Morgan fingerprint density at radius 2 is 1.88 bits per heavy atom. The van der Waals surface area contributed by atoms with Gasteiger partial charge in [-0.3, -0.25) is 0 Å². The summed E-state index contributed by atoms with van der Waals surface area (Å²) in [6, 6.07) is 10.7. The van der Waals surface area contributed by atoms with Crippen molar-refractivity contribution in [2.24, 2.45) is 4.99 Å². The third-order valence-corrected chi connectivity index (χ3v) is 3.76. The highest BCUT2D eigenvalue weighted by Gasteiger charge is 2.12. The van der Waals surface area contributed by atoms with Crippen molar-refractivity contribution in [2.75, 3.05) is 13.1 Å². The first-order valence-electron chi connectivity index (χ1n) is 8.50. The van der Waals surface area contributed by atoms with Gasteiger partial charge in [-0.1, -0.05) is 50.2 Å². The van der Waals surface area contributed by atoms with Crippen LogP contribution in [-0.4, -0.2) is 24.2 Å². The van der Waals surface area contributed by atoms with Crippen molar-refractivity contribution in [2.45, 2.75) is 46.1 Å². The number of aromatic nitrogens is 1. The van der Waals surface area contributed by atoms with Crippen molar-refractivity contribution >= 4 is 5.96 Å². The number of aliphatic imine (C=N–C) groups is 1. The normalized spacial score (nSPS) is 12.2. The molecule has 24 heavy (non-hydrogen) atoms. The minimum atomic E-state index is 0.197. The molecular formula is C19H28N4O. The van der Waals surface area contributed by atoms with Gasteiger partial charge in [-0.05, 0) is 29.9 Å². The van der Waals surface area contributed by atoms with Crippen molar-refractivity contribution in [3.63, 3.8) is 0 Å². The maximum Gasteiger partial charge on any atom is 0.191 e. The first-order chi connectivity index (χ1) is 11.5. The average Bonchev–Trinajstić information content (AvgIpc) is 3.05. The van der Waals surface area contributed by atoms with E-state index in [4.69, 9.17) is 4.52 Å². The summed E-state index contributed by atoms with van der Waals surface area (Å²) in [6.45, 7) is 10.9. The van der Waals surface area contributed by atoms with E-state index in [1.165, 1.54) is 11.1 Å². The summed E-state index contributed by atoms with van der Waals surface area (Å²) >= 11 is 0. The maximum absolute atomic E-state index is 4.82. The van der Waals surface area contributed by atoms with E-state index < -0.39 is 0 Å². The second-order valence-corrected chi connectivity index (χ2v) is 6.81. The second-order valence-electron chi connectivity index (χ2n) is 6.81. The molecule has 0 fully saturated rings. The van der Waals surface area contributed by atoms with Crippen molar-refractivity contribution in [1.82, 2.24) is 15.8 Å². The van der Waals surface area contributed by atoms with Crippen molar-refractivity contribution < 1.29 is 4.52 Å². The highest BCUT2D eigenvalue weighted by Crippen LogP contribution is 2.22. The zero-order valence-electron chi connectivity index (χ0n) is 15.1. The van der Waals surface area contributed by atoms with Gasteiger partial charge in [0.25, 0.3) is 0 Å². The molecule has 2 rings (SSSR count). The topological polar surface area (TPSA) is 62.5 Å². The van der Waals surface area contributed by atoms with Crippen molar-refractivity contribution in [1.29, 1.82) is 0 Å². The summed E-state index contributed by atoms with van der Waals surface area (Å²) in [5.74, 6) is 0.798. The van der Waals surface area contributed by atoms with E-state index in [1.807, 2.05) is 6.07 Å². The number of nitrogens with zero attached hydrogens (tertiary/aromatic N) is 2. The number of hydrogen-bond donors (Lipinski definition) is 2. The van der Waals surface area contributed by atoms with Crippen LogP contribution in [0.25, 0.3) is 0 Å². The van der Waals surface area contributed by atoms with Crippen LogP contribution in [0.5, 0.6) is 0 Å². The zero-order valence-corrected chi connectivity index (χ0v) is 15.1. The Kier molecular flexibility index (Phi) is 6.41. The van der Waals surface area contributed by atoms with Crippen molar-refractivity contribution in [3.05, 3.63) is 53.4 Å². The van der Waals surface area contributed by atoms with Gasteiger partial charge >= 0.3 is 0 Å². The Morgan fingerprint density at radius 1 is 1.12 bits per heavy atom. The Labute approximate surface area is 144 Å². The molecule has 1 aromatic carbocycles. The first-order valence-corrected chi connectivity index (χ1v) is 8.50. The molecule has 2 aromatic rings. The number of rotatable bonds is 6. The van der Waals surface area contributed by atoms with Crippen LogP contribution in [0.15, 0.2) is 46.1 Å². The molecule has 0 aliphatic carbocycles. The third-order valence-electron chi connectivity index (χ3n) is 3.76. The van der Waals surface area contributed by atoms with Gasteiger partial charge in [-0.2, -0.15) is 0 Å². The van der Waals surface area contributed by atoms with Gasteiger partial charge in [-0.25, -0.2) is 4.99 Å². The summed E-state index contributed by atoms with van der Waals surface area (Å²) < 4.78 is 4.82. The van der Waals surface area contributed by atoms with E-state index in [9.17, 15) is 0 Å². The lowest BCUT2D eigenvalue weighted by molar-refractivity contribution is 0.412. The molecule has 0 aliphatic heterocycles. The van der Waals surface area contributed by atoms with Crippen LogP contribution in [0.2, 0.25) is 0 Å². The molecule has 0 atom stereocenters. The van der Waals surface area contributed by atoms with E-state index in [0.29, 0.717) is 6.54 Å². The van der Waals surface area contributed by atoms with E-state index in [1.54, 1.807) is 6.26 Å². The molecule has 1 heterocycles. The summed E-state index contributed by atoms with van der Waals surface area (Å²) in [7, 11) is 0. The van der Waals surface area contributed by atoms with E-state index in [-0.39, 0.29) is 5.41 Å². The molecule has 2 N–H and O–H groups in total. The lowest BCUT2D eigenvalue weighted by Crippen LogP contribution is -2.38. The SMILES string of the molecule is CCNC(=NCc1ccon1)NCCc1ccc(C(C)(C)C)cc1. The lowest BCUT2D eigenvalue weighted by atomic mass is 9.86. The minimum absolute atomic E-state index is 0.197. The van der Waals surface area contributed by atoms with Crippen molar-refractivity contribution in [3.8, 4) is 0 Å². The molecule has 0 amide bonds. The molecule has 0 radical (unpaired) electrons. The fourth-order valence-corrected chi connectivity index (χ4v) is 2.32. The Morgan fingerprint density at radius 3 is 2.46 bits per heavy atom. The molecule has 0 aliphatic rings. The summed E-state index contributed by atoms with van der Waals surface area (Å²) in [5.41, 5.74) is 3.71. The predicted octanol–water partition coefficient (Wildman–Crippen LogP) is 3.27. The van der Waals surface area contributed by atoms with Crippen LogP contribution in [0, 0.1) is 0 Å². The monoisotopic (exact) mass is 328 g/mol. The fourth-order valence-electron chi connectivity index (χ4n) is 2.32. The van der Waals surface area contributed by atoms with Gasteiger partial charge in [0.05, 0.1) is 6.54 Å². The largest absolute Gasteiger partial charge is 0.364 e. The van der Waals surface area contributed by atoms with Gasteiger partial charge in [-0.15, -0.1) is 0 Å². The molecule has 0 unspecified atom stereocenters. The lowest BCUT2D eigenvalue weighted by Gasteiger charge is -2.19. The van der Waals surface area contributed by atoms with Gasteiger partial charge in [0.1, 0.15) is 12.0 Å². The minimum Gasteiger partial charge on any atom is -0.364 e. The second kappa shape index (κ2) is 8.52. The smallest absolute Gasteiger partial charge is 0.191 e. The Bertz CT molecular complexity index is 624. The van der Waals surface area contributed by atoms with Gasteiger partial charge in [0.2, 0.25) is 0 Å². The van der Waals surface area contributed by atoms with Crippen LogP contribution < -0.4 is 10.6 Å². The zero-order chi connectivity index (χ0) is 17.4. The molecule has 130 valence electrons. The highest BCUT2D eigenvalue weighted by molar-refractivity contribution is 5.79. The van der Waals surface area contributed by atoms with Crippen LogP contribution in [0.4, 0.5) is 0 Å². The van der Waals surface area contributed by atoms with Gasteiger partial charge < -0.3 is 15.2 Å². The van der Waals surface area contributed by atoms with E-state index in [2.05, 4.69) is 72.7 Å². The van der Waals surface area contributed by atoms with E-state index >= 15 is 0 Å². The molecule has 0 saturated carbocycles. The molecule has 0 bridgehead atoms. The highest BCUT2D eigenvalue weighted by atomic mass is 16.5. The third kappa shape index (κ3) is 5.72. The van der Waals surface area contributed by atoms with Gasteiger partial charge in [0, 0.05) is 19.2 Å². The molecule has 0 saturated heterocycles. The first kappa shape index (κ1) is 18.0. The average molecular weight is 328 g/mol. The number of guanidine groups is 1. The molecule has 5 nitrogen and oxygen atoms in total. The van der Waals surface area contributed by atoms with E-state index in [0.717, 1.165) is 31.2 Å². The summed E-state index contributed by atoms with van der Waals surface area (Å²) in [4.78, 5) is 4.51. The Balaban J connectivity index is 1.84. The van der Waals surface area contributed by atoms with Crippen LogP contribution in [-0.2, 0) is 18.4 Å². The number of nitrogens with one attached hydrogen (secondary N) is 2. The molecule has 5 heteroatoms. The molecular weight excluding hydrogens is 300 g/mol. The molecule has 0 spiro atoms. The van der Waals surface area contributed by atoms with Gasteiger partial charge in [0.15, 0.2) is 5.96 Å².